The van der Waals surface area contributed by atoms with Gasteiger partial charge in [0.2, 0.25) is 5.91 Å². The molecule has 3 rings (SSSR count). The van der Waals surface area contributed by atoms with E-state index in [1.54, 1.807) is 24.5 Å². The number of hydrogen-bond acceptors (Lipinski definition) is 5. The summed E-state index contributed by atoms with van der Waals surface area (Å²) < 4.78 is 27.3. The molecule has 1 N–H and O–H groups in total. The molecule has 0 aromatic carbocycles. The van der Waals surface area contributed by atoms with Crippen molar-refractivity contribution in [1.82, 2.24) is 14.6 Å². The maximum absolute atomic E-state index is 12.7. The van der Waals surface area contributed by atoms with Crippen LogP contribution in [-0.2, 0) is 21.4 Å². The Morgan fingerprint density at radius 2 is 2.25 bits per heavy atom. The molecule has 1 saturated heterocycles. The van der Waals surface area contributed by atoms with Crippen LogP contribution < -0.4 is 5.32 Å². The van der Waals surface area contributed by atoms with Crippen molar-refractivity contribution < 1.29 is 13.2 Å². The van der Waals surface area contributed by atoms with Crippen LogP contribution in [0.3, 0.4) is 0 Å². The molecule has 2 aromatic rings. The fourth-order valence-electron chi connectivity index (χ4n) is 2.65. The molecule has 1 atom stereocenters. The molecule has 0 spiro atoms. The zero-order valence-electron chi connectivity index (χ0n) is 12.7. The van der Waals surface area contributed by atoms with Crippen LogP contribution in [0.2, 0.25) is 4.34 Å². The SMILES string of the molecule is O=C(NCc1cccnc1)C1CCCN1S(=O)(=O)c1ccc(Cl)s1. The number of aromatic nitrogens is 1. The topological polar surface area (TPSA) is 79.4 Å². The highest BCUT2D eigenvalue weighted by molar-refractivity contribution is 7.91. The second kappa shape index (κ2) is 7.18. The molecule has 3 heterocycles. The second-order valence-electron chi connectivity index (χ2n) is 5.41. The van der Waals surface area contributed by atoms with Gasteiger partial charge in [-0.2, -0.15) is 4.31 Å². The predicted molar refractivity (Wildman–Crippen MR) is 92.3 cm³/mol. The molecule has 128 valence electrons. The number of rotatable bonds is 5. The van der Waals surface area contributed by atoms with Crippen LogP contribution >= 0.6 is 22.9 Å². The van der Waals surface area contributed by atoms with Crippen molar-refractivity contribution in [2.24, 2.45) is 0 Å². The summed E-state index contributed by atoms with van der Waals surface area (Å²) in [6.07, 6.45) is 4.49. The lowest BCUT2D eigenvalue weighted by molar-refractivity contribution is -0.124. The normalized spacial score (nSPS) is 18.6. The first-order valence-electron chi connectivity index (χ1n) is 7.42. The number of amides is 1. The summed E-state index contributed by atoms with van der Waals surface area (Å²) in [5, 5.41) is 2.79. The number of nitrogens with zero attached hydrogens (tertiary/aromatic N) is 2. The lowest BCUT2D eigenvalue weighted by Crippen LogP contribution is -2.45. The molecule has 6 nitrogen and oxygen atoms in total. The summed E-state index contributed by atoms with van der Waals surface area (Å²) in [6, 6.07) is 5.98. The maximum atomic E-state index is 12.7. The van der Waals surface area contributed by atoms with Crippen molar-refractivity contribution >= 4 is 38.9 Å². The molecule has 1 fully saturated rings. The van der Waals surface area contributed by atoms with Gasteiger partial charge in [0, 0.05) is 25.5 Å². The van der Waals surface area contributed by atoms with Crippen molar-refractivity contribution in [3.63, 3.8) is 0 Å². The van der Waals surface area contributed by atoms with Crippen LogP contribution in [0.25, 0.3) is 0 Å². The maximum Gasteiger partial charge on any atom is 0.253 e. The molecule has 24 heavy (non-hydrogen) atoms. The summed E-state index contributed by atoms with van der Waals surface area (Å²) in [5.41, 5.74) is 0.864. The summed E-state index contributed by atoms with van der Waals surface area (Å²) >= 11 is 6.84. The highest BCUT2D eigenvalue weighted by Crippen LogP contribution is 2.32. The Bertz CT molecular complexity index is 823. The zero-order chi connectivity index (χ0) is 17.2. The minimum Gasteiger partial charge on any atom is -0.351 e. The monoisotopic (exact) mass is 385 g/mol. The molecular formula is C15H16ClN3O3S2. The van der Waals surface area contributed by atoms with E-state index in [0.717, 1.165) is 16.9 Å². The molecule has 1 aliphatic heterocycles. The quantitative estimate of drug-likeness (QED) is 0.856. The third-order valence-corrected chi connectivity index (χ3v) is 7.41. The van der Waals surface area contributed by atoms with Crippen LogP contribution in [0.5, 0.6) is 0 Å². The van der Waals surface area contributed by atoms with Gasteiger partial charge in [-0.3, -0.25) is 9.78 Å². The summed E-state index contributed by atoms with van der Waals surface area (Å²) in [5.74, 6) is -0.289. The van der Waals surface area contributed by atoms with Crippen molar-refractivity contribution in [2.45, 2.75) is 29.6 Å². The van der Waals surface area contributed by atoms with E-state index in [4.69, 9.17) is 11.6 Å². The van der Waals surface area contributed by atoms with Gasteiger partial charge in [-0.1, -0.05) is 17.7 Å². The Labute approximate surface area is 149 Å². The number of carbonyl (C=O) groups excluding carboxylic acids is 1. The van der Waals surface area contributed by atoms with Gasteiger partial charge in [0.15, 0.2) is 0 Å². The first-order chi connectivity index (χ1) is 11.5. The molecule has 2 aromatic heterocycles. The number of hydrogen-bond donors (Lipinski definition) is 1. The number of halogens is 1. The van der Waals surface area contributed by atoms with Crippen molar-refractivity contribution in [2.75, 3.05) is 6.54 Å². The van der Waals surface area contributed by atoms with E-state index in [-0.39, 0.29) is 10.1 Å². The van der Waals surface area contributed by atoms with E-state index in [2.05, 4.69) is 10.3 Å². The number of pyridine rings is 1. The molecule has 0 radical (unpaired) electrons. The van der Waals surface area contributed by atoms with E-state index in [9.17, 15) is 13.2 Å². The Kier molecular flexibility index (Phi) is 5.19. The van der Waals surface area contributed by atoms with Gasteiger partial charge in [-0.15, -0.1) is 11.3 Å². The largest absolute Gasteiger partial charge is 0.351 e. The Hall–Kier alpha value is -1.48. The molecular weight excluding hydrogens is 370 g/mol. The highest BCUT2D eigenvalue weighted by atomic mass is 35.5. The lowest BCUT2D eigenvalue weighted by atomic mass is 10.2. The smallest absolute Gasteiger partial charge is 0.253 e. The minimum atomic E-state index is -3.70. The van der Waals surface area contributed by atoms with Gasteiger partial charge in [-0.05, 0) is 36.6 Å². The summed E-state index contributed by atoms with van der Waals surface area (Å²) in [7, 11) is -3.70. The van der Waals surface area contributed by atoms with Gasteiger partial charge < -0.3 is 5.32 Å². The van der Waals surface area contributed by atoms with Gasteiger partial charge in [0.25, 0.3) is 10.0 Å². The fourth-order valence-corrected chi connectivity index (χ4v) is 5.92. The van der Waals surface area contributed by atoms with E-state index in [0.29, 0.717) is 30.3 Å². The van der Waals surface area contributed by atoms with Crippen molar-refractivity contribution in [3.05, 3.63) is 46.6 Å². The van der Waals surface area contributed by atoms with Crippen molar-refractivity contribution in [3.8, 4) is 0 Å². The third-order valence-electron chi connectivity index (χ3n) is 3.81. The molecule has 1 amide bonds. The van der Waals surface area contributed by atoms with Crippen LogP contribution in [-0.4, -0.2) is 36.2 Å². The first kappa shape index (κ1) is 17.3. The average Bonchev–Trinajstić information content (AvgIpc) is 3.23. The molecule has 1 aliphatic rings. The molecule has 9 heteroatoms. The van der Waals surface area contributed by atoms with Crippen molar-refractivity contribution in [1.29, 1.82) is 0 Å². The van der Waals surface area contributed by atoms with Gasteiger partial charge in [0.1, 0.15) is 10.3 Å². The van der Waals surface area contributed by atoms with E-state index < -0.39 is 16.1 Å². The van der Waals surface area contributed by atoms with Gasteiger partial charge >= 0.3 is 0 Å². The Balaban J connectivity index is 1.72. The number of carbonyl (C=O) groups is 1. The molecule has 1 unspecified atom stereocenters. The fraction of sp³-hybridized carbons (Fsp3) is 0.333. The lowest BCUT2D eigenvalue weighted by Gasteiger charge is -2.22. The summed E-state index contributed by atoms with van der Waals surface area (Å²) in [6.45, 7) is 0.657. The van der Waals surface area contributed by atoms with Gasteiger partial charge in [0.05, 0.1) is 4.34 Å². The summed E-state index contributed by atoms with van der Waals surface area (Å²) in [4.78, 5) is 16.4. The average molecular weight is 386 g/mol. The van der Waals surface area contributed by atoms with Crippen LogP contribution in [0.4, 0.5) is 0 Å². The van der Waals surface area contributed by atoms with E-state index in [1.807, 2.05) is 6.07 Å². The molecule has 0 bridgehead atoms. The Morgan fingerprint density at radius 3 is 2.92 bits per heavy atom. The number of sulfonamides is 1. The van der Waals surface area contributed by atoms with Crippen LogP contribution in [0.1, 0.15) is 18.4 Å². The standard InChI is InChI=1S/C15H16ClN3O3S2/c16-13-5-6-14(23-13)24(21,22)19-8-2-4-12(19)15(20)18-10-11-3-1-7-17-9-11/h1,3,5-7,9,12H,2,4,8,10H2,(H,18,20). The Morgan fingerprint density at radius 1 is 1.42 bits per heavy atom. The minimum absolute atomic E-state index is 0.166. The highest BCUT2D eigenvalue weighted by Gasteiger charge is 2.39. The van der Waals surface area contributed by atoms with Gasteiger partial charge in [-0.25, -0.2) is 8.42 Å². The van der Waals surface area contributed by atoms with E-state index in [1.165, 1.54) is 10.4 Å². The molecule has 0 saturated carbocycles. The van der Waals surface area contributed by atoms with Crippen LogP contribution in [0, 0.1) is 0 Å². The molecule has 0 aliphatic carbocycles. The third kappa shape index (κ3) is 3.61. The zero-order valence-corrected chi connectivity index (χ0v) is 15.1. The number of nitrogens with one attached hydrogen (secondary N) is 1. The predicted octanol–water partition coefficient (Wildman–Crippen LogP) is 2.27. The van der Waals surface area contributed by atoms with E-state index >= 15 is 0 Å². The van der Waals surface area contributed by atoms with Crippen LogP contribution in [0.15, 0.2) is 40.9 Å². The number of thiophene rings is 1. The first-order valence-corrected chi connectivity index (χ1v) is 10.1. The second-order valence-corrected chi connectivity index (χ2v) is 9.24.